The van der Waals surface area contributed by atoms with Gasteiger partial charge in [0.25, 0.3) is 0 Å². The largest absolute Gasteiger partial charge is 0.491 e. The lowest BCUT2D eigenvalue weighted by Crippen LogP contribution is -2.55. The van der Waals surface area contributed by atoms with Gasteiger partial charge in [-0.2, -0.15) is 0 Å². The zero-order chi connectivity index (χ0) is 21.2. The maximum absolute atomic E-state index is 13.1. The SMILES string of the molecule is Cc1cc(OCC2(O)CCCN(C(=O)C3CCN(C(C)C)CC3)C2)cc(C)c1Cl. The number of rotatable bonds is 5. The second-order valence-corrected chi connectivity index (χ2v) is 9.53. The summed E-state index contributed by atoms with van der Waals surface area (Å²) >= 11 is 6.23. The van der Waals surface area contributed by atoms with Crippen LogP contribution >= 0.6 is 11.6 Å². The lowest BCUT2D eigenvalue weighted by Gasteiger charge is -2.42. The number of carbonyl (C=O) groups excluding carboxylic acids is 1. The van der Waals surface area contributed by atoms with Crippen LogP contribution in [-0.2, 0) is 4.79 Å². The van der Waals surface area contributed by atoms with E-state index in [0.29, 0.717) is 24.8 Å². The maximum atomic E-state index is 13.1. The fourth-order valence-electron chi connectivity index (χ4n) is 4.55. The van der Waals surface area contributed by atoms with E-state index in [2.05, 4.69) is 18.7 Å². The van der Waals surface area contributed by atoms with E-state index in [-0.39, 0.29) is 18.4 Å². The van der Waals surface area contributed by atoms with E-state index in [1.807, 2.05) is 30.9 Å². The molecule has 29 heavy (non-hydrogen) atoms. The Hall–Kier alpha value is -1.30. The first-order chi connectivity index (χ1) is 13.7. The molecule has 6 heteroatoms. The molecule has 1 amide bonds. The van der Waals surface area contributed by atoms with Gasteiger partial charge in [-0.05, 0) is 89.7 Å². The fourth-order valence-corrected chi connectivity index (χ4v) is 4.66. The molecular formula is C23H35ClN2O3. The molecule has 2 saturated heterocycles. The highest BCUT2D eigenvalue weighted by molar-refractivity contribution is 6.32. The summed E-state index contributed by atoms with van der Waals surface area (Å²) in [6.07, 6.45) is 3.26. The Morgan fingerprint density at radius 2 is 1.86 bits per heavy atom. The standard InChI is InChI=1S/C23H35ClN2O3/c1-16(2)25-10-6-19(7-11-25)22(27)26-9-5-8-23(28,14-26)15-29-20-12-17(3)21(24)18(4)13-20/h12-13,16,19,28H,5-11,14-15H2,1-4H3. The molecule has 1 atom stereocenters. The van der Waals surface area contributed by atoms with Crippen molar-refractivity contribution in [2.75, 3.05) is 32.8 Å². The molecule has 162 valence electrons. The Bertz CT molecular complexity index is 708. The third-order valence-electron chi connectivity index (χ3n) is 6.39. The molecule has 1 unspecified atom stereocenters. The van der Waals surface area contributed by atoms with Crippen molar-refractivity contribution in [3.05, 3.63) is 28.3 Å². The minimum Gasteiger partial charge on any atom is -0.491 e. The summed E-state index contributed by atoms with van der Waals surface area (Å²) in [4.78, 5) is 17.4. The first-order valence-corrected chi connectivity index (χ1v) is 11.2. The second kappa shape index (κ2) is 9.23. The van der Waals surface area contributed by atoms with Crippen LogP contribution in [0.2, 0.25) is 5.02 Å². The normalized spacial score (nSPS) is 24.2. The van der Waals surface area contributed by atoms with Crippen molar-refractivity contribution < 1.29 is 14.6 Å². The molecule has 0 radical (unpaired) electrons. The molecule has 0 saturated carbocycles. The van der Waals surface area contributed by atoms with E-state index in [9.17, 15) is 9.90 Å². The number of hydrogen-bond donors (Lipinski definition) is 1. The summed E-state index contributed by atoms with van der Waals surface area (Å²) in [7, 11) is 0. The number of aryl methyl sites for hydroxylation is 2. The molecule has 0 aromatic heterocycles. The molecule has 2 aliphatic rings. The summed E-state index contributed by atoms with van der Waals surface area (Å²) in [5.41, 5.74) is 0.914. The molecule has 5 nitrogen and oxygen atoms in total. The summed E-state index contributed by atoms with van der Waals surface area (Å²) in [6, 6.07) is 4.32. The number of piperidine rings is 2. The van der Waals surface area contributed by atoms with E-state index in [4.69, 9.17) is 16.3 Å². The number of ether oxygens (including phenoxy) is 1. The van der Waals surface area contributed by atoms with Gasteiger partial charge in [0.05, 0.1) is 6.54 Å². The molecule has 0 bridgehead atoms. The number of nitrogens with zero attached hydrogens (tertiary/aromatic N) is 2. The number of β-amino-alcohol motifs (C(OH)–C–C–N with tert-alkyl or cyclic N) is 1. The van der Waals surface area contributed by atoms with Crippen molar-refractivity contribution in [1.29, 1.82) is 0 Å². The van der Waals surface area contributed by atoms with Gasteiger partial charge in [0.1, 0.15) is 18.0 Å². The molecule has 2 fully saturated rings. The quantitative estimate of drug-likeness (QED) is 0.783. The molecule has 1 N–H and O–H groups in total. The number of hydrogen-bond acceptors (Lipinski definition) is 4. The molecule has 0 aliphatic carbocycles. The van der Waals surface area contributed by atoms with Gasteiger partial charge in [0, 0.05) is 23.5 Å². The van der Waals surface area contributed by atoms with Gasteiger partial charge in [0.15, 0.2) is 0 Å². The maximum Gasteiger partial charge on any atom is 0.225 e. The van der Waals surface area contributed by atoms with Crippen molar-refractivity contribution in [2.24, 2.45) is 5.92 Å². The van der Waals surface area contributed by atoms with Crippen LogP contribution in [0.4, 0.5) is 0 Å². The molecule has 2 aliphatic heterocycles. The van der Waals surface area contributed by atoms with Gasteiger partial charge < -0.3 is 19.6 Å². The summed E-state index contributed by atoms with van der Waals surface area (Å²) in [5.74, 6) is 0.988. The van der Waals surface area contributed by atoms with E-state index >= 15 is 0 Å². The molecule has 1 aromatic carbocycles. The zero-order valence-corrected chi connectivity index (χ0v) is 19.0. The summed E-state index contributed by atoms with van der Waals surface area (Å²) in [6.45, 7) is 11.5. The van der Waals surface area contributed by atoms with Crippen molar-refractivity contribution in [3.8, 4) is 5.75 Å². The van der Waals surface area contributed by atoms with Crippen LogP contribution in [0.25, 0.3) is 0 Å². The second-order valence-electron chi connectivity index (χ2n) is 9.15. The van der Waals surface area contributed by atoms with E-state index in [1.165, 1.54) is 0 Å². The number of halogens is 1. The van der Waals surface area contributed by atoms with Gasteiger partial charge >= 0.3 is 0 Å². The molecule has 2 heterocycles. The molecule has 0 spiro atoms. The van der Waals surface area contributed by atoms with E-state index in [1.54, 1.807) is 0 Å². The first kappa shape index (κ1) is 22.4. The minimum atomic E-state index is -1.01. The Morgan fingerprint density at radius 3 is 2.45 bits per heavy atom. The number of likely N-dealkylation sites (tertiary alicyclic amines) is 2. The summed E-state index contributed by atoms with van der Waals surface area (Å²) in [5, 5.41) is 11.8. The van der Waals surface area contributed by atoms with Crippen LogP contribution in [0.1, 0.15) is 50.7 Å². The van der Waals surface area contributed by atoms with Gasteiger partial charge in [0.2, 0.25) is 5.91 Å². The van der Waals surface area contributed by atoms with Gasteiger partial charge in [-0.3, -0.25) is 4.79 Å². The van der Waals surface area contributed by atoms with Crippen molar-refractivity contribution in [3.63, 3.8) is 0 Å². The topological polar surface area (TPSA) is 53.0 Å². The van der Waals surface area contributed by atoms with E-state index < -0.39 is 5.60 Å². The third-order valence-corrected chi connectivity index (χ3v) is 6.99. The Morgan fingerprint density at radius 1 is 1.24 bits per heavy atom. The predicted molar refractivity (Wildman–Crippen MR) is 117 cm³/mol. The Labute approximate surface area is 180 Å². The van der Waals surface area contributed by atoms with E-state index in [0.717, 1.165) is 55.0 Å². The van der Waals surface area contributed by atoms with Crippen LogP contribution in [0.5, 0.6) is 5.75 Å². The van der Waals surface area contributed by atoms with Crippen LogP contribution < -0.4 is 4.74 Å². The number of carbonyl (C=O) groups is 1. The summed E-state index contributed by atoms with van der Waals surface area (Å²) < 4.78 is 5.93. The average Bonchev–Trinajstić information content (AvgIpc) is 2.70. The van der Waals surface area contributed by atoms with Crippen molar-refractivity contribution in [1.82, 2.24) is 9.80 Å². The molecule has 3 rings (SSSR count). The van der Waals surface area contributed by atoms with Crippen LogP contribution in [0.15, 0.2) is 12.1 Å². The first-order valence-electron chi connectivity index (χ1n) is 10.8. The average molecular weight is 423 g/mol. The van der Waals surface area contributed by atoms with Crippen LogP contribution in [-0.4, -0.2) is 65.2 Å². The van der Waals surface area contributed by atoms with Gasteiger partial charge in [-0.15, -0.1) is 0 Å². The van der Waals surface area contributed by atoms with Crippen LogP contribution in [0.3, 0.4) is 0 Å². The Balaban J connectivity index is 1.57. The van der Waals surface area contributed by atoms with Crippen LogP contribution in [0, 0.1) is 19.8 Å². The van der Waals surface area contributed by atoms with Crippen molar-refractivity contribution >= 4 is 17.5 Å². The smallest absolute Gasteiger partial charge is 0.225 e. The monoisotopic (exact) mass is 422 g/mol. The lowest BCUT2D eigenvalue weighted by atomic mass is 9.90. The number of aliphatic hydroxyl groups is 1. The lowest BCUT2D eigenvalue weighted by molar-refractivity contribution is -0.146. The Kier molecular flexibility index (Phi) is 7.13. The van der Waals surface area contributed by atoms with Crippen molar-refractivity contribution in [2.45, 2.75) is 65.0 Å². The molecular weight excluding hydrogens is 388 g/mol. The number of benzene rings is 1. The third kappa shape index (κ3) is 5.44. The highest BCUT2D eigenvalue weighted by Gasteiger charge is 2.38. The predicted octanol–water partition coefficient (Wildman–Crippen LogP) is 3.81. The minimum absolute atomic E-state index is 0.0785. The zero-order valence-electron chi connectivity index (χ0n) is 18.2. The highest BCUT2D eigenvalue weighted by Crippen LogP contribution is 2.29. The fraction of sp³-hybridized carbons (Fsp3) is 0.696. The van der Waals surface area contributed by atoms with Gasteiger partial charge in [-0.1, -0.05) is 11.6 Å². The van der Waals surface area contributed by atoms with Gasteiger partial charge in [-0.25, -0.2) is 0 Å². The highest BCUT2D eigenvalue weighted by atomic mass is 35.5. The molecule has 1 aromatic rings. The number of amides is 1.